The number of nitrogens with zero attached hydrogens (tertiary/aromatic N) is 1. The van der Waals surface area contributed by atoms with Crippen LogP contribution in [0.2, 0.25) is 0 Å². The summed E-state index contributed by atoms with van der Waals surface area (Å²) in [4.78, 5) is 17.7. The van der Waals surface area contributed by atoms with Crippen LogP contribution in [0.25, 0.3) is 10.9 Å². The molecule has 0 radical (unpaired) electrons. The largest absolute Gasteiger partial charge is 0.361 e. The van der Waals surface area contributed by atoms with Gasteiger partial charge in [0.1, 0.15) is 5.37 Å². The van der Waals surface area contributed by atoms with Crippen molar-refractivity contribution in [1.29, 1.82) is 0 Å². The fourth-order valence-corrected chi connectivity index (χ4v) is 7.62. The molecule has 1 aliphatic heterocycles. The summed E-state index contributed by atoms with van der Waals surface area (Å²) >= 11 is 0. The number of aromatic amines is 1. The van der Waals surface area contributed by atoms with Crippen LogP contribution in [0.4, 0.5) is 4.79 Å². The van der Waals surface area contributed by atoms with Crippen LogP contribution in [0, 0.1) is 12.8 Å². The number of carbonyl (C=O) groups excluding carboxylic acids is 1. The minimum atomic E-state index is -3.83. The molecule has 2 unspecified atom stereocenters. The molecule has 1 fully saturated rings. The van der Waals surface area contributed by atoms with Crippen molar-refractivity contribution < 1.29 is 13.2 Å². The average Bonchev–Trinajstić information content (AvgIpc) is 3.17. The Kier molecular flexibility index (Phi) is 5.02. The van der Waals surface area contributed by atoms with Gasteiger partial charge in [-0.1, -0.05) is 24.3 Å². The smallest absolute Gasteiger partial charge is 0.313 e. The first-order valence-electron chi connectivity index (χ1n) is 10.9. The van der Waals surface area contributed by atoms with Crippen molar-refractivity contribution in [2.24, 2.45) is 11.7 Å². The second-order valence-electron chi connectivity index (χ2n) is 9.19. The topological polar surface area (TPSA) is 108 Å². The molecule has 7 nitrogen and oxygen atoms in total. The molecule has 168 valence electrons. The summed E-state index contributed by atoms with van der Waals surface area (Å²) < 4.78 is 27.3. The molecule has 0 bridgehead atoms. The molecular weight excluding hydrogens is 424 g/mol. The Morgan fingerprint density at radius 1 is 1.25 bits per heavy atom. The highest BCUT2D eigenvalue weighted by molar-refractivity contribution is 7.92. The highest BCUT2D eigenvalue weighted by Crippen LogP contribution is 2.45. The van der Waals surface area contributed by atoms with Crippen LogP contribution in [0.1, 0.15) is 29.0 Å². The van der Waals surface area contributed by atoms with E-state index in [1.54, 1.807) is 18.2 Å². The lowest BCUT2D eigenvalue weighted by Gasteiger charge is -2.47. The van der Waals surface area contributed by atoms with E-state index < -0.39 is 21.2 Å². The molecule has 1 aromatic heterocycles. The van der Waals surface area contributed by atoms with Crippen molar-refractivity contribution in [3.05, 3.63) is 65.4 Å². The molecule has 0 spiro atoms. The molecule has 0 saturated carbocycles. The van der Waals surface area contributed by atoms with E-state index in [0.29, 0.717) is 13.0 Å². The van der Waals surface area contributed by atoms with Crippen molar-refractivity contribution in [2.75, 3.05) is 13.6 Å². The third-order valence-corrected chi connectivity index (χ3v) is 9.21. The predicted molar refractivity (Wildman–Crippen MR) is 124 cm³/mol. The van der Waals surface area contributed by atoms with Crippen LogP contribution in [0.5, 0.6) is 0 Å². The van der Waals surface area contributed by atoms with Crippen LogP contribution in [0.3, 0.4) is 0 Å². The summed E-state index contributed by atoms with van der Waals surface area (Å²) in [5.41, 5.74) is 9.97. The van der Waals surface area contributed by atoms with E-state index >= 15 is 0 Å². The zero-order valence-electron chi connectivity index (χ0n) is 18.2. The first-order valence-corrected chi connectivity index (χ1v) is 12.5. The van der Waals surface area contributed by atoms with Gasteiger partial charge < -0.3 is 20.9 Å². The second kappa shape index (κ2) is 7.64. The number of sulfone groups is 1. The van der Waals surface area contributed by atoms with Crippen LogP contribution < -0.4 is 11.1 Å². The highest BCUT2D eigenvalue weighted by Gasteiger charge is 2.45. The number of fused-ring (bicyclic) bond motifs is 2. The number of rotatable bonds is 4. The molecule has 5 rings (SSSR count). The molecule has 1 saturated heterocycles. The molecule has 2 aliphatic rings. The predicted octanol–water partition coefficient (Wildman–Crippen LogP) is 2.90. The van der Waals surface area contributed by atoms with Gasteiger partial charge in [0.2, 0.25) is 0 Å². The van der Waals surface area contributed by atoms with E-state index in [2.05, 4.69) is 33.5 Å². The third-order valence-electron chi connectivity index (χ3n) is 7.12. The molecule has 2 amide bonds. The van der Waals surface area contributed by atoms with Gasteiger partial charge in [-0.05, 0) is 61.7 Å². The van der Waals surface area contributed by atoms with Crippen molar-refractivity contribution in [3.8, 4) is 0 Å². The Hall–Kier alpha value is -2.84. The quantitative estimate of drug-likeness (QED) is 0.566. The normalized spacial score (nSPS) is 24.1. The van der Waals surface area contributed by atoms with Crippen molar-refractivity contribution in [2.45, 2.75) is 42.0 Å². The number of urea groups is 1. The number of carbonyl (C=O) groups is 1. The van der Waals surface area contributed by atoms with Crippen LogP contribution in [0.15, 0.2) is 53.6 Å². The Morgan fingerprint density at radius 2 is 2.03 bits per heavy atom. The third kappa shape index (κ3) is 3.38. The number of benzene rings is 2. The minimum absolute atomic E-state index is 0.177. The maximum Gasteiger partial charge on any atom is 0.313 e. The number of likely N-dealkylation sites (N-methyl/N-ethyl adjacent to an activating group) is 1. The summed E-state index contributed by atoms with van der Waals surface area (Å²) in [6.07, 6.45) is 3.67. The Labute approximate surface area is 187 Å². The first kappa shape index (κ1) is 21.0. The number of aromatic nitrogens is 1. The van der Waals surface area contributed by atoms with Gasteiger partial charge in [0.25, 0.3) is 0 Å². The van der Waals surface area contributed by atoms with Crippen LogP contribution >= 0.6 is 0 Å². The zero-order chi connectivity index (χ0) is 22.6. The Balaban J connectivity index is 1.55. The molecule has 32 heavy (non-hydrogen) atoms. The van der Waals surface area contributed by atoms with Gasteiger partial charge >= 0.3 is 6.03 Å². The average molecular weight is 453 g/mol. The highest BCUT2D eigenvalue weighted by atomic mass is 32.2. The fourth-order valence-electron chi connectivity index (χ4n) is 5.73. The van der Waals surface area contributed by atoms with E-state index in [9.17, 15) is 13.2 Å². The van der Waals surface area contributed by atoms with E-state index in [1.807, 2.05) is 26.1 Å². The number of piperidine rings is 1. The van der Waals surface area contributed by atoms with Crippen molar-refractivity contribution >= 4 is 26.8 Å². The lowest BCUT2D eigenvalue weighted by Crippen LogP contribution is -2.56. The molecule has 4 N–H and O–H groups in total. The van der Waals surface area contributed by atoms with E-state index in [1.165, 1.54) is 16.5 Å². The van der Waals surface area contributed by atoms with Crippen molar-refractivity contribution in [1.82, 2.24) is 15.2 Å². The monoisotopic (exact) mass is 452 g/mol. The number of primary amides is 1. The number of nitrogens with two attached hydrogens (primary N) is 1. The summed E-state index contributed by atoms with van der Waals surface area (Å²) in [7, 11) is -1.78. The fraction of sp³-hybridized carbons (Fsp3) is 0.375. The molecule has 8 heteroatoms. The second-order valence-corrected chi connectivity index (χ2v) is 11.3. The van der Waals surface area contributed by atoms with Gasteiger partial charge in [0.15, 0.2) is 9.84 Å². The van der Waals surface area contributed by atoms with Crippen LogP contribution in [-0.2, 0) is 16.3 Å². The Morgan fingerprint density at radius 3 is 2.78 bits per heavy atom. The van der Waals surface area contributed by atoms with E-state index in [4.69, 9.17) is 5.73 Å². The number of amides is 2. The lowest BCUT2D eigenvalue weighted by atomic mass is 9.72. The van der Waals surface area contributed by atoms with Gasteiger partial charge in [0, 0.05) is 41.5 Å². The molecule has 2 heterocycles. The van der Waals surface area contributed by atoms with Crippen molar-refractivity contribution in [3.63, 3.8) is 0 Å². The molecule has 3 aromatic rings. The number of nitrogens with one attached hydrogen (secondary N) is 2. The van der Waals surface area contributed by atoms with E-state index in [-0.39, 0.29) is 22.8 Å². The summed E-state index contributed by atoms with van der Waals surface area (Å²) in [6.45, 7) is 2.42. The molecule has 2 aromatic carbocycles. The number of hydrogen-bond donors (Lipinski definition) is 3. The Bertz CT molecular complexity index is 1300. The standard InChI is InChI=1S/C24H28N4O3S/c1-14-5-3-6-17(9-14)32(30,31)23(27-24(25)29)16-10-19-18-7-4-8-20-22(18)15(12-26-20)11-21(19)28(2)13-16/h3-9,12,16,19,21,23,26H,10-11,13H2,1-2H3,(H3,25,27,29)/t16?,19-,21-,23?/m1/s1. The van der Waals surface area contributed by atoms with Gasteiger partial charge in [-0.15, -0.1) is 0 Å². The zero-order valence-corrected chi connectivity index (χ0v) is 19.0. The summed E-state index contributed by atoms with van der Waals surface area (Å²) in [6, 6.07) is 12.5. The summed E-state index contributed by atoms with van der Waals surface area (Å²) in [5.74, 6) is -0.120. The number of hydrogen-bond acceptors (Lipinski definition) is 4. The van der Waals surface area contributed by atoms with Gasteiger partial charge in [0.05, 0.1) is 4.90 Å². The van der Waals surface area contributed by atoms with Gasteiger partial charge in [-0.3, -0.25) is 0 Å². The van der Waals surface area contributed by atoms with Gasteiger partial charge in [-0.2, -0.15) is 0 Å². The van der Waals surface area contributed by atoms with Gasteiger partial charge in [-0.25, -0.2) is 13.2 Å². The lowest BCUT2D eigenvalue weighted by molar-refractivity contribution is 0.106. The molecule has 4 atom stereocenters. The summed E-state index contributed by atoms with van der Waals surface area (Å²) in [5, 5.41) is 2.75. The number of H-pyrrole nitrogens is 1. The number of likely N-dealkylation sites (tertiary alicyclic amines) is 1. The van der Waals surface area contributed by atoms with E-state index in [0.717, 1.165) is 17.5 Å². The maximum atomic E-state index is 13.6. The first-order chi connectivity index (χ1) is 15.3. The molecular formula is C24H28N4O3S. The molecule has 1 aliphatic carbocycles. The van der Waals surface area contributed by atoms with Crippen LogP contribution in [-0.4, -0.2) is 49.3 Å². The SMILES string of the molecule is Cc1cccc(S(=O)(=O)C(NC(N)=O)C2C[C@@H]3c4cccc5[nH]cc(c45)C[C@H]3N(C)C2)c1. The minimum Gasteiger partial charge on any atom is -0.361 e. The number of aryl methyl sites for hydroxylation is 1. The maximum absolute atomic E-state index is 13.6.